The summed E-state index contributed by atoms with van der Waals surface area (Å²) in [5, 5.41) is 2.82. The maximum absolute atomic E-state index is 12.4. The molecule has 0 aliphatic carbocycles. The standard InChI is InChI=1S/C20H17BrN2O3S/c21-17-6-4-5-15(13-17)14-22-20(24)16-9-11-19(12-10-16)27(25,26)23-18-7-2-1-3-8-18/h1-13,23H,14H2,(H,22,24). The zero-order valence-corrected chi connectivity index (χ0v) is 16.6. The highest BCUT2D eigenvalue weighted by Gasteiger charge is 2.15. The number of anilines is 1. The molecule has 2 N–H and O–H groups in total. The molecule has 1 amide bonds. The van der Waals surface area contributed by atoms with Crippen LogP contribution in [0.3, 0.4) is 0 Å². The zero-order valence-electron chi connectivity index (χ0n) is 14.2. The molecule has 3 aromatic rings. The van der Waals surface area contributed by atoms with Crippen molar-refractivity contribution in [2.75, 3.05) is 4.72 Å². The fraction of sp³-hybridized carbons (Fsp3) is 0.0500. The average Bonchev–Trinajstić information content (AvgIpc) is 2.67. The van der Waals surface area contributed by atoms with Gasteiger partial charge in [0.05, 0.1) is 4.90 Å². The van der Waals surface area contributed by atoms with E-state index in [4.69, 9.17) is 0 Å². The molecular weight excluding hydrogens is 428 g/mol. The van der Waals surface area contributed by atoms with Crippen molar-refractivity contribution in [3.8, 4) is 0 Å². The lowest BCUT2D eigenvalue weighted by Gasteiger charge is -2.09. The second-order valence-electron chi connectivity index (χ2n) is 5.81. The summed E-state index contributed by atoms with van der Waals surface area (Å²) in [6.45, 7) is 0.383. The van der Waals surface area contributed by atoms with Crippen molar-refractivity contribution in [3.05, 3.63) is 94.5 Å². The van der Waals surface area contributed by atoms with E-state index in [1.54, 1.807) is 30.3 Å². The van der Waals surface area contributed by atoms with Gasteiger partial charge in [-0.1, -0.05) is 46.3 Å². The molecule has 0 unspecified atom stereocenters. The maximum atomic E-state index is 12.4. The van der Waals surface area contributed by atoms with Crippen LogP contribution in [0.25, 0.3) is 0 Å². The van der Waals surface area contributed by atoms with Crippen LogP contribution >= 0.6 is 15.9 Å². The molecule has 3 aromatic carbocycles. The van der Waals surface area contributed by atoms with Crippen molar-refractivity contribution >= 4 is 37.5 Å². The molecule has 0 bridgehead atoms. The first-order valence-corrected chi connectivity index (χ1v) is 10.4. The largest absolute Gasteiger partial charge is 0.348 e. The van der Waals surface area contributed by atoms with Gasteiger partial charge in [-0.25, -0.2) is 8.42 Å². The molecular formula is C20H17BrN2O3S. The van der Waals surface area contributed by atoms with Gasteiger partial charge in [0.25, 0.3) is 15.9 Å². The summed E-state index contributed by atoms with van der Waals surface area (Å²) in [6, 6.07) is 22.1. The van der Waals surface area contributed by atoms with Crippen LogP contribution in [0, 0.1) is 0 Å². The molecule has 0 aromatic heterocycles. The lowest BCUT2D eigenvalue weighted by atomic mass is 10.2. The van der Waals surface area contributed by atoms with E-state index in [2.05, 4.69) is 26.0 Å². The Balaban J connectivity index is 1.66. The van der Waals surface area contributed by atoms with Crippen molar-refractivity contribution in [2.24, 2.45) is 0 Å². The molecule has 27 heavy (non-hydrogen) atoms. The highest BCUT2D eigenvalue weighted by molar-refractivity contribution is 9.10. The molecule has 0 radical (unpaired) electrons. The first-order chi connectivity index (χ1) is 12.9. The van der Waals surface area contributed by atoms with Crippen molar-refractivity contribution < 1.29 is 13.2 Å². The number of halogens is 1. The number of amides is 1. The fourth-order valence-electron chi connectivity index (χ4n) is 2.44. The van der Waals surface area contributed by atoms with Crippen LogP contribution in [0.1, 0.15) is 15.9 Å². The van der Waals surface area contributed by atoms with Gasteiger partial charge in [0.15, 0.2) is 0 Å². The summed E-state index contributed by atoms with van der Waals surface area (Å²) in [5.74, 6) is -0.269. The van der Waals surface area contributed by atoms with E-state index in [1.807, 2.05) is 24.3 Å². The van der Waals surface area contributed by atoms with E-state index < -0.39 is 10.0 Å². The van der Waals surface area contributed by atoms with Crippen LogP contribution in [-0.4, -0.2) is 14.3 Å². The third kappa shape index (κ3) is 5.18. The molecule has 0 atom stereocenters. The second-order valence-corrected chi connectivity index (χ2v) is 8.41. The molecule has 0 heterocycles. The van der Waals surface area contributed by atoms with Crippen molar-refractivity contribution in [1.82, 2.24) is 5.32 Å². The summed E-state index contributed by atoms with van der Waals surface area (Å²) < 4.78 is 28.3. The normalized spacial score (nSPS) is 11.0. The molecule has 138 valence electrons. The predicted octanol–water partition coefficient (Wildman–Crippen LogP) is 4.18. The highest BCUT2D eigenvalue weighted by atomic mass is 79.9. The minimum atomic E-state index is -3.70. The minimum Gasteiger partial charge on any atom is -0.348 e. The summed E-state index contributed by atoms with van der Waals surface area (Å²) in [6.07, 6.45) is 0. The Labute approximate surface area is 166 Å². The Morgan fingerprint density at radius 3 is 2.26 bits per heavy atom. The Kier molecular flexibility index (Phi) is 5.93. The topological polar surface area (TPSA) is 75.3 Å². The number of hydrogen-bond acceptors (Lipinski definition) is 3. The first kappa shape index (κ1) is 19.1. The van der Waals surface area contributed by atoms with Crippen molar-refractivity contribution in [1.29, 1.82) is 0 Å². The smallest absolute Gasteiger partial charge is 0.261 e. The van der Waals surface area contributed by atoms with Crippen LogP contribution in [0.2, 0.25) is 0 Å². The second kappa shape index (κ2) is 8.37. The Hall–Kier alpha value is -2.64. The number of rotatable bonds is 6. The number of hydrogen-bond donors (Lipinski definition) is 2. The molecule has 0 aliphatic rings. The Morgan fingerprint density at radius 2 is 1.59 bits per heavy atom. The van der Waals surface area contributed by atoms with Crippen LogP contribution in [-0.2, 0) is 16.6 Å². The van der Waals surface area contributed by atoms with E-state index in [0.29, 0.717) is 17.8 Å². The van der Waals surface area contributed by atoms with Gasteiger partial charge < -0.3 is 5.32 Å². The minimum absolute atomic E-state index is 0.0925. The van der Waals surface area contributed by atoms with E-state index in [1.165, 1.54) is 24.3 Å². The molecule has 0 spiro atoms. The monoisotopic (exact) mass is 444 g/mol. The van der Waals surface area contributed by atoms with Crippen molar-refractivity contribution in [2.45, 2.75) is 11.4 Å². The molecule has 7 heteroatoms. The van der Waals surface area contributed by atoms with Crippen molar-refractivity contribution in [3.63, 3.8) is 0 Å². The van der Waals surface area contributed by atoms with Gasteiger partial charge in [0, 0.05) is 22.3 Å². The number of nitrogens with one attached hydrogen (secondary N) is 2. The molecule has 0 fully saturated rings. The maximum Gasteiger partial charge on any atom is 0.261 e. The third-order valence-electron chi connectivity index (χ3n) is 3.79. The number of benzene rings is 3. The van der Waals surface area contributed by atoms with Crippen LogP contribution in [0.4, 0.5) is 5.69 Å². The van der Waals surface area contributed by atoms with Gasteiger partial charge >= 0.3 is 0 Å². The third-order valence-corrected chi connectivity index (χ3v) is 5.69. The summed E-state index contributed by atoms with van der Waals surface area (Å²) in [5.41, 5.74) is 1.83. The molecule has 0 aliphatic heterocycles. The van der Waals surface area contributed by atoms with Gasteiger partial charge in [-0.05, 0) is 54.1 Å². The van der Waals surface area contributed by atoms with Gasteiger partial charge in [-0.3, -0.25) is 9.52 Å². The van der Waals surface area contributed by atoms with E-state index in [-0.39, 0.29) is 10.8 Å². The number of para-hydroxylation sites is 1. The molecule has 0 saturated heterocycles. The lowest BCUT2D eigenvalue weighted by Crippen LogP contribution is -2.23. The van der Waals surface area contributed by atoms with E-state index in [9.17, 15) is 13.2 Å². The lowest BCUT2D eigenvalue weighted by molar-refractivity contribution is 0.0951. The zero-order chi connectivity index (χ0) is 19.3. The van der Waals surface area contributed by atoms with Crippen LogP contribution in [0.15, 0.2) is 88.2 Å². The summed E-state index contributed by atoms with van der Waals surface area (Å²) >= 11 is 3.39. The Bertz CT molecular complexity index is 1040. The molecule has 0 saturated carbocycles. The van der Waals surface area contributed by atoms with Gasteiger partial charge in [-0.15, -0.1) is 0 Å². The van der Waals surface area contributed by atoms with Gasteiger partial charge in [-0.2, -0.15) is 0 Å². The molecule has 3 rings (SSSR count). The van der Waals surface area contributed by atoms with Crippen LogP contribution < -0.4 is 10.0 Å². The summed E-state index contributed by atoms with van der Waals surface area (Å²) in [7, 11) is -3.70. The first-order valence-electron chi connectivity index (χ1n) is 8.15. The highest BCUT2D eigenvalue weighted by Crippen LogP contribution is 2.16. The van der Waals surface area contributed by atoms with Crippen LogP contribution in [0.5, 0.6) is 0 Å². The van der Waals surface area contributed by atoms with Gasteiger partial charge in [0.1, 0.15) is 0 Å². The van der Waals surface area contributed by atoms with E-state index in [0.717, 1.165) is 10.0 Å². The molecule has 5 nitrogen and oxygen atoms in total. The van der Waals surface area contributed by atoms with E-state index >= 15 is 0 Å². The number of sulfonamides is 1. The quantitative estimate of drug-likeness (QED) is 0.598. The van der Waals surface area contributed by atoms with Gasteiger partial charge in [0.2, 0.25) is 0 Å². The fourth-order valence-corrected chi connectivity index (χ4v) is 3.94. The Morgan fingerprint density at radius 1 is 0.889 bits per heavy atom. The predicted molar refractivity (Wildman–Crippen MR) is 109 cm³/mol. The number of carbonyl (C=O) groups is 1. The average molecular weight is 445 g/mol. The summed E-state index contributed by atoms with van der Waals surface area (Å²) in [4.78, 5) is 12.4. The SMILES string of the molecule is O=C(NCc1cccc(Br)c1)c1ccc(S(=O)(=O)Nc2ccccc2)cc1. The number of carbonyl (C=O) groups excluding carboxylic acids is 1.